The number of amides is 1. The van der Waals surface area contributed by atoms with E-state index in [0.29, 0.717) is 31.4 Å². The molecule has 0 spiro atoms. The van der Waals surface area contributed by atoms with E-state index in [4.69, 9.17) is 9.47 Å². The topological polar surface area (TPSA) is 111 Å². The number of methoxy groups -OCH3 is 1. The molecule has 0 radical (unpaired) electrons. The molecular weight excluding hydrogens is 400 g/mol. The summed E-state index contributed by atoms with van der Waals surface area (Å²) in [5, 5.41) is 12.7. The first-order valence-corrected chi connectivity index (χ1v) is 10.2. The number of aromatic amines is 1. The molecule has 1 amide bonds. The molecular formula is C22H24N4O5. The molecule has 1 aliphatic heterocycles. The number of carbonyl (C=O) groups is 1. The molecule has 162 valence electrons. The van der Waals surface area contributed by atoms with Crippen molar-refractivity contribution in [1.29, 1.82) is 0 Å². The fraction of sp³-hybridized carbons (Fsp3) is 0.364. The number of aromatic nitrogens is 2. The quantitative estimate of drug-likeness (QED) is 0.475. The van der Waals surface area contributed by atoms with Crippen LogP contribution in [0.5, 0.6) is 11.5 Å². The summed E-state index contributed by atoms with van der Waals surface area (Å²) in [4.78, 5) is 33.5. The smallest absolute Gasteiger partial charge is 0.286 e. The Kier molecular flexibility index (Phi) is 5.75. The number of nitrogens with zero attached hydrogens (tertiary/aromatic N) is 3. The number of fused-ring (bicyclic) bond motifs is 1. The summed E-state index contributed by atoms with van der Waals surface area (Å²) >= 11 is 0. The number of hydrogen-bond donors (Lipinski definition) is 1. The van der Waals surface area contributed by atoms with Crippen LogP contribution in [0.25, 0.3) is 11.0 Å². The minimum absolute atomic E-state index is 0.0176. The van der Waals surface area contributed by atoms with Crippen LogP contribution in [0.2, 0.25) is 0 Å². The van der Waals surface area contributed by atoms with Gasteiger partial charge in [0, 0.05) is 36.9 Å². The highest BCUT2D eigenvalue weighted by atomic mass is 16.6. The van der Waals surface area contributed by atoms with Crippen molar-refractivity contribution >= 4 is 22.6 Å². The maximum atomic E-state index is 13.2. The molecule has 1 N–H and O–H groups in total. The van der Waals surface area contributed by atoms with Crippen molar-refractivity contribution in [3.05, 3.63) is 57.9 Å². The zero-order valence-corrected chi connectivity index (χ0v) is 17.5. The molecule has 3 aromatic rings. The van der Waals surface area contributed by atoms with Crippen LogP contribution in [-0.2, 0) is 0 Å². The van der Waals surface area contributed by atoms with E-state index in [1.54, 1.807) is 18.0 Å². The number of nitrogens with one attached hydrogen (secondary N) is 1. The van der Waals surface area contributed by atoms with Crippen LogP contribution < -0.4 is 9.47 Å². The van der Waals surface area contributed by atoms with Gasteiger partial charge in [-0.05, 0) is 43.4 Å². The second-order valence-electron chi connectivity index (χ2n) is 7.42. The second kappa shape index (κ2) is 8.63. The number of hydrogen-bond acceptors (Lipinski definition) is 6. The van der Waals surface area contributed by atoms with E-state index < -0.39 is 4.92 Å². The summed E-state index contributed by atoms with van der Waals surface area (Å²) in [5.74, 6) is 0.484. The molecule has 9 nitrogen and oxygen atoms in total. The van der Waals surface area contributed by atoms with E-state index in [1.807, 2.05) is 18.3 Å². The molecule has 31 heavy (non-hydrogen) atoms. The highest BCUT2D eigenvalue weighted by Gasteiger charge is 2.31. The Balaban J connectivity index is 1.55. The van der Waals surface area contributed by atoms with Crippen LogP contribution >= 0.6 is 0 Å². The van der Waals surface area contributed by atoms with Crippen molar-refractivity contribution in [2.24, 2.45) is 0 Å². The maximum Gasteiger partial charge on any atom is 0.286 e. The normalized spacial score (nSPS) is 14.6. The molecule has 1 aromatic carbocycles. The van der Waals surface area contributed by atoms with Gasteiger partial charge in [0.2, 0.25) is 0 Å². The predicted octanol–water partition coefficient (Wildman–Crippen LogP) is 3.90. The van der Waals surface area contributed by atoms with E-state index in [-0.39, 0.29) is 22.9 Å². The Morgan fingerprint density at radius 1 is 1.32 bits per heavy atom. The van der Waals surface area contributed by atoms with Crippen LogP contribution in [0.1, 0.15) is 41.6 Å². The average Bonchev–Trinajstić information content (AvgIpc) is 3.22. The fourth-order valence-corrected chi connectivity index (χ4v) is 4.18. The van der Waals surface area contributed by atoms with E-state index in [1.165, 1.54) is 24.8 Å². The third-order valence-electron chi connectivity index (χ3n) is 5.71. The Morgan fingerprint density at radius 2 is 2.10 bits per heavy atom. The lowest BCUT2D eigenvalue weighted by atomic mass is 9.89. The first-order chi connectivity index (χ1) is 15.0. The van der Waals surface area contributed by atoms with Crippen molar-refractivity contribution in [2.75, 3.05) is 26.8 Å². The highest BCUT2D eigenvalue weighted by Crippen LogP contribution is 2.37. The average molecular weight is 424 g/mol. The van der Waals surface area contributed by atoms with Crippen molar-refractivity contribution in [1.82, 2.24) is 14.9 Å². The van der Waals surface area contributed by atoms with Gasteiger partial charge in [0.25, 0.3) is 11.6 Å². The molecule has 0 saturated carbocycles. The summed E-state index contributed by atoms with van der Waals surface area (Å²) in [6, 6.07) is 6.63. The Bertz CT molecular complexity index is 1120. The minimum Gasteiger partial charge on any atom is -0.493 e. The van der Waals surface area contributed by atoms with E-state index in [2.05, 4.69) is 9.97 Å². The second-order valence-corrected chi connectivity index (χ2v) is 7.42. The van der Waals surface area contributed by atoms with E-state index in [0.717, 1.165) is 23.9 Å². The number of rotatable bonds is 6. The molecule has 0 bridgehead atoms. The van der Waals surface area contributed by atoms with Crippen molar-refractivity contribution in [3.8, 4) is 11.5 Å². The van der Waals surface area contributed by atoms with Crippen LogP contribution in [0.4, 0.5) is 5.69 Å². The summed E-state index contributed by atoms with van der Waals surface area (Å²) in [7, 11) is 1.41. The van der Waals surface area contributed by atoms with Crippen LogP contribution in [0, 0.1) is 10.1 Å². The van der Waals surface area contributed by atoms with Gasteiger partial charge in [0.15, 0.2) is 11.5 Å². The molecule has 1 fully saturated rings. The van der Waals surface area contributed by atoms with Gasteiger partial charge in [-0.15, -0.1) is 0 Å². The van der Waals surface area contributed by atoms with Gasteiger partial charge in [-0.1, -0.05) is 0 Å². The summed E-state index contributed by atoms with van der Waals surface area (Å²) < 4.78 is 10.7. The maximum absolute atomic E-state index is 13.2. The third-order valence-corrected chi connectivity index (χ3v) is 5.71. The number of nitro benzene ring substituents is 1. The lowest BCUT2D eigenvalue weighted by molar-refractivity contribution is -0.385. The predicted molar refractivity (Wildman–Crippen MR) is 115 cm³/mol. The Morgan fingerprint density at radius 3 is 2.77 bits per heavy atom. The lowest BCUT2D eigenvalue weighted by Crippen LogP contribution is -2.38. The van der Waals surface area contributed by atoms with Gasteiger partial charge in [-0.3, -0.25) is 14.9 Å². The molecule has 3 heterocycles. The fourth-order valence-electron chi connectivity index (χ4n) is 4.18. The SMILES string of the molecule is CCOc1cc(C(=O)N2CCC(c3c[nH]c4ncccc34)CC2)c([N+](=O)[O-])cc1OC. The number of likely N-dealkylation sites (tertiary alicyclic amines) is 1. The van der Waals surface area contributed by atoms with Crippen molar-refractivity contribution < 1.29 is 19.2 Å². The largest absolute Gasteiger partial charge is 0.493 e. The Hall–Kier alpha value is -3.62. The van der Waals surface area contributed by atoms with Gasteiger partial charge in [-0.25, -0.2) is 4.98 Å². The van der Waals surface area contributed by atoms with Crippen LogP contribution in [0.3, 0.4) is 0 Å². The number of H-pyrrole nitrogens is 1. The molecule has 4 rings (SSSR count). The molecule has 1 aliphatic rings. The molecule has 0 unspecified atom stereocenters. The summed E-state index contributed by atoms with van der Waals surface area (Å²) in [6.45, 7) is 3.19. The third kappa shape index (κ3) is 3.90. The summed E-state index contributed by atoms with van der Waals surface area (Å²) in [6.07, 6.45) is 5.29. The number of benzene rings is 1. The zero-order valence-electron chi connectivity index (χ0n) is 17.5. The molecule has 0 atom stereocenters. The van der Waals surface area contributed by atoms with Gasteiger partial charge in [0.05, 0.1) is 24.7 Å². The standard InChI is InChI=1S/C22H24N4O5/c1-3-31-20-11-16(18(26(28)29)12-19(20)30-2)22(27)25-9-6-14(7-10-25)17-13-24-21-15(17)5-4-8-23-21/h4-5,8,11-14H,3,6-7,9-10H2,1-2H3,(H,23,24). The molecule has 0 aliphatic carbocycles. The first-order valence-electron chi connectivity index (χ1n) is 10.2. The first kappa shape index (κ1) is 20.6. The van der Waals surface area contributed by atoms with Crippen molar-refractivity contribution in [2.45, 2.75) is 25.7 Å². The van der Waals surface area contributed by atoms with Gasteiger partial charge >= 0.3 is 0 Å². The monoisotopic (exact) mass is 424 g/mol. The van der Waals surface area contributed by atoms with Gasteiger partial charge in [0.1, 0.15) is 11.2 Å². The molecule has 2 aromatic heterocycles. The zero-order chi connectivity index (χ0) is 22.0. The van der Waals surface area contributed by atoms with Crippen LogP contribution in [0.15, 0.2) is 36.7 Å². The number of pyridine rings is 1. The Labute approximate surface area is 179 Å². The summed E-state index contributed by atoms with van der Waals surface area (Å²) in [5.41, 5.74) is 1.79. The van der Waals surface area contributed by atoms with Gasteiger partial charge in [-0.2, -0.15) is 0 Å². The molecule has 1 saturated heterocycles. The lowest BCUT2D eigenvalue weighted by Gasteiger charge is -2.32. The number of piperidine rings is 1. The van der Waals surface area contributed by atoms with E-state index >= 15 is 0 Å². The van der Waals surface area contributed by atoms with Crippen LogP contribution in [-0.4, -0.2) is 52.5 Å². The highest BCUT2D eigenvalue weighted by molar-refractivity contribution is 5.99. The van der Waals surface area contributed by atoms with Gasteiger partial charge < -0.3 is 19.4 Å². The minimum atomic E-state index is -0.558. The number of carbonyl (C=O) groups excluding carboxylic acids is 1. The van der Waals surface area contributed by atoms with E-state index in [9.17, 15) is 14.9 Å². The van der Waals surface area contributed by atoms with Crippen molar-refractivity contribution in [3.63, 3.8) is 0 Å². The molecule has 9 heteroatoms. The number of ether oxygens (including phenoxy) is 2. The number of nitro groups is 1.